The molecule has 1 amide bonds. The maximum Gasteiger partial charge on any atom is 0.259 e. The number of anilines is 1. The monoisotopic (exact) mass is 355 g/mol. The van der Waals surface area contributed by atoms with Gasteiger partial charge in [-0.2, -0.15) is 0 Å². The molecular weight excluding hydrogens is 340 g/mol. The molecule has 0 aliphatic carbocycles. The fourth-order valence-electron chi connectivity index (χ4n) is 2.37. The Morgan fingerprint density at radius 2 is 1.73 bits per heavy atom. The van der Waals surface area contributed by atoms with Crippen LogP contribution in [0.15, 0.2) is 48.7 Å². The summed E-state index contributed by atoms with van der Waals surface area (Å²) in [5, 5.41) is 2.22. The van der Waals surface area contributed by atoms with E-state index in [1.807, 2.05) is 0 Å². The number of hydrogen-bond acceptors (Lipinski definition) is 4. The van der Waals surface area contributed by atoms with Gasteiger partial charge < -0.3 is 10.1 Å². The maximum atomic E-state index is 13.7. The lowest BCUT2D eigenvalue weighted by molar-refractivity contribution is 0.102. The highest BCUT2D eigenvalue weighted by atomic mass is 19.1. The number of benzene rings is 2. The lowest BCUT2D eigenvalue weighted by Crippen LogP contribution is -2.17. The molecular formula is C19H15F2N3O2. The van der Waals surface area contributed by atoms with Crippen molar-refractivity contribution in [1.29, 1.82) is 0 Å². The first-order chi connectivity index (χ1) is 12.5. The number of carbonyl (C=O) groups is 1. The number of methoxy groups -OCH3 is 1. The van der Waals surface area contributed by atoms with Crippen molar-refractivity contribution >= 4 is 11.6 Å². The van der Waals surface area contributed by atoms with Crippen LogP contribution in [-0.4, -0.2) is 23.0 Å². The quantitative estimate of drug-likeness (QED) is 0.769. The molecule has 1 N–H and O–H groups in total. The fraction of sp³-hybridized carbons (Fsp3) is 0.105. The molecule has 0 aliphatic rings. The molecule has 3 rings (SSSR count). The van der Waals surface area contributed by atoms with Crippen LogP contribution in [-0.2, 0) is 0 Å². The highest BCUT2D eigenvalue weighted by Crippen LogP contribution is 2.22. The van der Waals surface area contributed by atoms with Gasteiger partial charge in [-0.05, 0) is 43.3 Å². The summed E-state index contributed by atoms with van der Waals surface area (Å²) in [6, 6.07) is 10.5. The molecule has 5 nitrogen and oxygen atoms in total. The van der Waals surface area contributed by atoms with E-state index in [0.717, 1.165) is 17.7 Å². The Morgan fingerprint density at radius 1 is 1.08 bits per heavy atom. The Balaban J connectivity index is 1.86. The third-order valence-electron chi connectivity index (χ3n) is 3.77. The van der Waals surface area contributed by atoms with E-state index in [1.165, 1.54) is 12.3 Å². The fourth-order valence-corrected chi connectivity index (χ4v) is 2.37. The predicted octanol–water partition coefficient (Wildman–Crippen LogP) is 3.99. The zero-order chi connectivity index (χ0) is 18.7. The van der Waals surface area contributed by atoms with E-state index in [-0.39, 0.29) is 5.56 Å². The molecule has 0 spiro atoms. The molecule has 0 saturated carbocycles. The molecule has 7 heteroatoms. The third-order valence-corrected chi connectivity index (χ3v) is 3.77. The summed E-state index contributed by atoms with van der Waals surface area (Å²) in [5.74, 6) is -1.27. The molecule has 0 radical (unpaired) electrons. The largest absolute Gasteiger partial charge is 0.497 e. The summed E-state index contributed by atoms with van der Waals surface area (Å²) in [4.78, 5) is 20.8. The molecule has 26 heavy (non-hydrogen) atoms. The number of aromatic nitrogens is 2. The van der Waals surface area contributed by atoms with Crippen LogP contribution in [0, 0.1) is 18.6 Å². The molecule has 0 bridgehead atoms. The molecule has 0 saturated heterocycles. The first kappa shape index (κ1) is 17.5. The highest BCUT2D eigenvalue weighted by molar-refractivity contribution is 6.05. The predicted molar refractivity (Wildman–Crippen MR) is 93.1 cm³/mol. The number of hydrogen-bond donors (Lipinski definition) is 1. The number of nitrogens with zero attached hydrogens (tertiary/aromatic N) is 2. The highest BCUT2D eigenvalue weighted by Gasteiger charge is 2.17. The van der Waals surface area contributed by atoms with E-state index in [1.54, 1.807) is 38.3 Å². The van der Waals surface area contributed by atoms with Gasteiger partial charge in [-0.1, -0.05) is 6.07 Å². The van der Waals surface area contributed by atoms with Gasteiger partial charge in [0.1, 0.15) is 23.1 Å². The maximum absolute atomic E-state index is 13.7. The van der Waals surface area contributed by atoms with Crippen molar-refractivity contribution in [1.82, 2.24) is 9.97 Å². The zero-order valence-corrected chi connectivity index (χ0v) is 14.1. The minimum atomic E-state index is -0.855. The number of rotatable bonds is 4. The van der Waals surface area contributed by atoms with E-state index in [9.17, 15) is 13.6 Å². The van der Waals surface area contributed by atoms with Crippen LogP contribution in [0.4, 0.5) is 14.5 Å². The molecule has 0 fully saturated rings. The van der Waals surface area contributed by atoms with E-state index >= 15 is 0 Å². The van der Waals surface area contributed by atoms with Crippen LogP contribution in [0.5, 0.6) is 5.75 Å². The first-order valence-corrected chi connectivity index (χ1v) is 7.73. The molecule has 3 aromatic rings. The molecule has 132 valence electrons. The lowest BCUT2D eigenvalue weighted by atomic mass is 10.1. The normalized spacial score (nSPS) is 10.5. The van der Waals surface area contributed by atoms with Crippen molar-refractivity contribution in [3.8, 4) is 17.1 Å². The SMILES string of the molecule is COc1ccc(-c2ncc(C(=O)Nc3c(F)cccc3F)c(C)n2)cc1. The van der Waals surface area contributed by atoms with E-state index in [0.29, 0.717) is 17.3 Å². The Morgan fingerprint density at radius 3 is 2.31 bits per heavy atom. The summed E-state index contributed by atoms with van der Waals surface area (Å²) in [6.07, 6.45) is 1.33. The average molecular weight is 355 g/mol. The standard InChI is InChI=1S/C19H15F2N3O2/c1-11-14(19(25)24-17-15(20)4-3-5-16(17)21)10-22-18(23-11)12-6-8-13(26-2)9-7-12/h3-10H,1-2H3,(H,24,25). The Labute approximate surface area is 148 Å². The number of carbonyl (C=O) groups excluding carboxylic acids is 1. The van der Waals surface area contributed by atoms with Crippen molar-refractivity contribution in [2.24, 2.45) is 0 Å². The molecule has 0 unspecified atom stereocenters. The number of amides is 1. The molecule has 1 heterocycles. The third kappa shape index (κ3) is 3.51. The van der Waals surface area contributed by atoms with Gasteiger partial charge >= 0.3 is 0 Å². The van der Waals surface area contributed by atoms with Gasteiger partial charge in [0.25, 0.3) is 5.91 Å². The van der Waals surface area contributed by atoms with Crippen LogP contribution in [0.25, 0.3) is 11.4 Å². The molecule has 0 aliphatic heterocycles. The summed E-state index contributed by atoms with van der Waals surface area (Å²) < 4.78 is 32.5. The second-order valence-electron chi connectivity index (χ2n) is 5.47. The van der Waals surface area contributed by atoms with Crippen molar-refractivity contribution < 1.29 is 18.3 Å². The Hall–Kier alpha value is -3.35. The van der Waals surface area contributed by atoms with Gasteiger partial charge in [-0.15, -0.1) is 0 Å². The van der Waals surface area contributed by atoms with Crippen molar-refractivity contribution in [2.75, 3.05) is 12.4 Å². The minimum Gasteiger partial charge on any atom is -0.497 e. The zero-order valence-electron chi connectivity index (χ0n) is 14.1. The molecule has 0 atom stereocenters. The van der Waals surface area contributed by atoms with Gasteiger partial charge in [-0.3, -0.25) is 4.79 Å². The average Bonchev–Trinajstić information content (AvgIpc) is 2.64. The van der Waals surface area contributed by atoms with Gasteiger partial charge in [0.15, 0.2) is 5.82 Å². The molecule has 1 aromatic heterocycles. The van der Waals surface area contributed by atoms with Crippen molar-refractivity contribution in [3.05, 3.63) is 71.6 Å². The summed E-state index contributed by atoms with van der Waals surface area (Å²) in [6.45, 7) is 1.63. The Bertz CT molecular complexity index is 939. The van der Waals surface area contributed by atoms with Crippen LogP contribution < -0.4 is 10.1 Å². The van der Waals surface area contributed by atoms with E-state index in [4.69, 9.17) is 4.74 Å². The topological polar surface area (TPSA) is 64.1 Å². The summed E-state index contributed by atoms with van der Waals surface area (Å²) in [7, 11) is 1.57. The number of nitrogens with one attached hydrogen (secondary N) is 1. The van der Waals surface area contributed by atoms with Crippen molar-refractivity contribution in [2.45, 2.75) is 6.92 Å². The summed E-state index contributed by atoms with van der Waals surface area (Å²) in [5.41, 5.74) is 0.766. The van der Waals surface area contributed by atoms with Gasteiger partial charge in [0, 0.05) is 11.8 Å². The minimum absolute atomic E-state index is 0.130. The van der Waals surface area contributed by atoms with Crippen LogP contribution in [0.1, 0.15) is 16.1 Å². The number of para-hydroxylation sites is 1. The first-order valence-electron chi connectivity index (χ1n) is 7.73. The van der Waals surface area contributed by atoms with Gasteiger partial charge in [-0.25, -0.2) is 18.7 Å². The Kier molecular flexibility index (Phi) is 4.88. The number of halogens is 2. The second-order valence-corrected chi connectivity index (χ2v) is 5.47. The number of ether oxygens (including phenoxy) is 1. The van der Waals surface area contributed by atoms with Crippen LogP contribution in [0.3, 0.4) is 0 Å². The van der Waals surface area contributed by atoms with Gasteiger partial charge in [0.05, 0.1) is 18.4 Å². The van der Waals surface area contributed by atoms with Crippen molar-refractivity contribution in [3.63, 3.8) is 0 Å². The van der Waals surface area contributed by atoms with E-state index in [2.05, 4.69) is 15.3 Å². The molecule has 2 aromatic carbocycles. The van der Waals surface area contributed by atoms with Crippen LogP contribution in [0.2, 0.25) is 0 Å². The lowest BCUT2D eigenvalue weighted by Gasteiger charge is -2.10. The number of aryl methyl sites for hydroxylation is 1. The second kappa shape index (κ2) is 7.26. The van der Waals surface area contributed by atoms with Crippen LogP contribution >= 0.6 is 0 Å². The smallest absolute Gasteiger partial charge is 0.259 e. The summed E-state index contributed by atoms with van der Waals surface area (Å²) >= 11 is 0. The van der Waals surface area contributed by atoms with E-state index < -0.39 is 23.2 Å². The van der Waals surface area contributed by atoms with Gasteiger partial charge in [0.2, 0.25) is 0 Å².